The second kappa shape index (κ2) is 4.56. The van der Waals surface area contributed by atoms with Crippen LogP contribution in [0.15, 0.2) is 24.3 Å². The number of carbonyl (C=O) groups is 2. The van der Waals surface area contributed by atoms with Crippen molar-refractivity contribution < 1.29 is 27.9 Å². The second-order valence-electron chi connectivity index (χ2n) is 4.32. The monoisotopic (exact) mass is 273 g/mol. The molecule has 2 atom stereocenters. The lowest BCUT2D eigenvalue weighted by Gasteiger charge is -2.13. The lowest BCUT2D eigenvalue weighted by atomic mass is 10.1. The molecule has 1 aromatic carbocycles. The van der Waals surface area contributed by atoms with Crippen LogP contribution in [0.25, 0.3) is 0 Å². The number of carboxylic acids is 1. The van der Waals surface area contributed by atoms with Crippen molar-refractivity contribution >= 4 is 17.6 Å². The molecule has 1 aliphatic carbocycles. The summed E-state index contributed by atoms with van der Waals surface area (Å²) in [6.45, 7) is 0. The summed E-state index contributed by atoms with van der Waals surface area (Å²) >= 11 is 0. The van der Waals surface area contributed by atoms with E-state index in [1.165, 1.54) is 12.1 Å². The number of anilines is 1. The van der Waals surface area contributed by atoms with E-state index in [-0.39, 0.29) is 12.1 Å². The van der Waals surface area contributed by atoms with E-state index in [4.69, 9.17) is 5.11 Å². The molecule has 102 valence electrons. The Bertz CT molecular complexity index is 527. The highest BCUT2D eigenvalue weighted by atomic mass is 19.4. The highest BCUT2D eigenvalue weighted by Crippen LogP contribution is 2.40. The zero-order chi connectivity index (χ0) is 14.2. The van der Waals surface area contributed by atoms with Gasteiger partial charge in [-0.15, -0.1) is 0 Å². The van der Waals surface area contributed by atoms with Crippen molar-refractivity contribution in [2.24, 2.45) is 11.8 Å². The van der Waals surface area contributed by atoms with Gasteiger partial charge < -0.3 is 10.4 Å². The van der Waals surface area contributed by atoms with E-state index in [0.717, 1.165) is 12.1 Å². The van der Waals surface area contributed by atoms with Crippen LogP contribution in [0, 0.1) is 11.8 Å². The Morgan fingerprint density at radius 1 is 1.21 bits per heavy atom. The first-order valence-electron chi connectivity index (χ1n) is 5.50. The molecule has 2 unspecified atom stereocenters. The molecule has 7 heteroatoms. The van der Waals surface area contributed by atoms with Crippen molar-refractivity contribution in [1.29, 1.82) is 0 Å². The van der Waals surface area contributed by atoms with Crippen LogP contribution in [0.1, 0.15) is 12.0 Å². The normalized spacial score (nSPS) is 21.8. The van der Waals surface area contributed by atoms with Crippen LogP contribution in [-0.2, 0) is 15.8 Å². The maximum absolute atomic E-state index is 12.7. The smallest absolute Gasteiger partial charge is 0.418 e. The summed E-state index contributed by atoms with van der Waals surface area (Å²) in [5.41, 5.74) is -1.30. The summed E-state index contributed by atoms with van der Waals surface area (Å²) in [4.78, 5) is 22.2. The maximum atomic E-state index is 12.7. The van der Waals surface area contributed by atoms with Crippen molar-refractivity contribution in [3.05, 3.63) is 29.8 Å². The van der Waals surface area contributed by atoms with E-state index in [1.807, 2.05) is 0 Å². The first kappa shape index (κ1) is 13.4. The molecule has 19 heavy (non-hydrogen) atoms. The predicted octanol–water partition coefficient (Wildman–Crippen LogP) is 2.36. The summed E-state index contributed by atoms with van der Waals surface area (Å²) in [6.07, 6.45) is -4.41. The average molecular weight is 273 g/mol. The van der Waals surface area contributed by atoms with Crippen molar-refractivity contribution in [2.75, 3.05) is 5.32 Å². The number of halogens is 3. The number of aliphatic carboxylic acids is 1. The van der Waals surface area contributed by atoms with Crippen molar-refractivity contribution in [3.8, 4) is 0 Å². The number of benzene rings is 1. The molecule has 1 saturated carbocycles. The Morgan fingerprint density at radius 2 is 1.84 bits per heavy atom. The Labute approximate surface area is 106 Å². The van der Waals surface area contributed by atoms with Gasteiger partial charge in [-0.25, -0.2) is 0 Å². The van der Waals surface area contributed by atoms with Crippen LogP contribution in [0.5, 0.6) is 0 Å². The van der Waals surface area contributed by atoms with Crippen LogP contribution >= 0.6 is 0 Å². The van der Waals surface area contributed by atoms with Crippen molar-refractivity contribution in [2.45, 2.75) is 12.6 Å². The highest BCUT2D eigenvalue weighted by Gasteiger charge is 2.48. The van der Waals surface area contributed by atoms with Crippen molar-refractivity contribution in [3.63, 3.8) is 0 Å². The minimum atomic E-state index is -4.57. The van der Waals surface area contributed by atoms with Gasteiger partial charge in [-0.05, 0) is 18.6 Å². The Hall–Kier alpha value is -2.05. The average Bonchev–Trinajstić information content (AvgIpc) is 3.08. The largest absolute Gasteiger partial charge is 0.481 e. The molecule has 0 aromatic heterocycles. The molecule has 0 aliphatic heterocycles. The van der Waals surface area contributed by atoms with Gasteiger partial charge in [0.25, 0.3) is 0 Å². The summed E-state index contributed by atoms with van der Waals surface area (Å²) in [7, 11) is 0. The summed E-state index contributed by atoms with van der Waals surface area (Å²) in [6, 6.07) is 4.58. The highest BCUT2D eigenvalue weighted by molar-refractivity contribution is 5.98. The topological polar surface area (TPSA) is 66.4 Å². The van der Waals surface area contributed by atoms with Gasteiger partial charge in [0.2, 0.25) is 5.91 Å². The standard InChI is InChI=1S/C12H10F3NO3/c13-12(14,15)8-3-1-2-4-9(8)16-10(17)6-5-7(6)11(18)19/h1-4,6-7H,5H2,(H,16,17)(H,18,19). The molecule has 1 amide bonds. The number of carboxylic acid groups (broad SMARTS) is 1. The predicted molar refractivity (Wildman–Crippen MR) is 59.3 cm³/mol. The third-order valence-electron chi connectivity index (χ3n) is 2.93. The molecule has 1 aromatic rings. The first-order valence-corrected chi connectivity index (χ1v) is 5.50. The zero-order valence-corrected chi connectivity index (χ0v) is 9.57. The SMILES string of the molecule is O=C(O)C1CC1C(=O)Nc1ccccc1C(F)(F)F. The fourth-order valence-corrected chi connectivity index (χ4v) is 1.82. The van der Waals surface area contributed by atoms with E-state index in [9.17, 15) is 22.8 Å². The molecule has 1 fully saturated rings. The molecule has 0 heterocycles. The number of nitrogens with one attached hydrogen (secondary N) is 1. The molecule has 0 spiro atoms. The van der Waals surface area contributed by atoms with Gasteiger partial charge in [0.05, 0.1) is 23.1 Å². The van der Waals surface area contributed by atoms with Crippen LogP contribution in [0.3, 0.4) is 0 Å². The summed E-state index contributed by atoms with van der Waals surface area (Å²) in [5.74, 6) is -3.34. The first-order chi connectivity index (χ1) is 8.80. The third-order valence-corrected chi connectivity index (χ3v) is 2.93. The van der Waals surface area contributed by atoms with Crippen LogP contribution in [-0.4, -0.2) is 17.0 Å². The zero-order valence-electron chi connectivity index (χ0n) is 9.57. The van der Waals surface area contributed by atoms with Crippen LogP contribution in [0.2, 0.25) is 0 Å². The summed E-state index contributed by atoms with van der Waals surface area (Å²) in [5, 5.41) is 10.8. The van der Waals surface area contributed by atoms with Gasteiger partial charge in [0.15, 0.2) is 0 Å². The maximum Gasteiger partial charge on any atom is 0.418 e. The van der Waals surface area contributed by atoms with E-state index < -0.39 is 35.5 Å². The van der Waals surface area contributed by atoms with Gasteiger partial charge in [0.1, 0.15) is 0 Å². The molecular weight excluding hydrogens is 263 g/mol. The summed E-state index contributed by atoms with van der Waals surface area (Å²) < 4.78 is 38.0. The van der Waals surface area contributed by atoms with E-state index in [0.29, 0.717) is 0 Å². The Kier molecular flexibility index (Phi) is 3.21. The lowest BCUT2D eigenvalue weighted by Crippen LogP contribution is -2.19. The van der Waals surface area contributed by atoms with E-state index in [2.05, 4.69) is 5.32 Å². The molecule has 0 saturated heterocycles. The number of para-hydroxylation sites is 1. The Morgan fingerprint density at radius 3 is 2.37 bits per heavy atom. The van der Waals surface area contributed by atoms with E-state index >= 15 is 0 Å². The van der Waals surface area contributed by atoms with Crippen LogP contribution < -0.4 is 5.32 Å². The molecular formula is C12H10F3NO3. The number of amides is 1. The number of carbonyl (C=O) groups excluding carboxylic acids is 1. The van der Waals surface area contributed by atoms with Crippen LogP contribution in [0.4, 0.5) is 18.9 Å². The Balaban J connectivity index is 2.12. The van der Waals surface area contributed by atoms with Gasteiger partial charge in [0, 0.05) is 0 Å². The number of alkyl halides is 3. The van der Waals surface area contributed by atoms with Gasteiger partial charge in [-0.3, -0.25) is 9.59 Å². The van der Waals surface area contributed by atoms with E-state index in [1.54, 1.807) is 0 Å². The molecule has 0 bridgehead atoms. The molecule has 4 nitrogen and oxygen atoms in total. The number of rotatable bonds is 3. The fraction of sp³-hybridized carbons (Fsp3) is 0.333. The van der Waals surface area contributed by atoms with Gasteiger partial charge in [-0.1, -0.05) is 12.1 Å². The minimum absolute atomic E-state index is 0.162. The fourth-order valence-electron chi connectivity index (χ4n) is 1.82. The minimum Gasteiger partial charge on any atom is -0.481 e. The molecule has 0 radical (unpaired) electrons. The lowest BCUT2D eigenvalue weighted by molar-refractivity contribution is -0.140. The van der Waals surface area contributed by atoms with Crippen molar-refractivity contribution in [1.82, 2.24) is 0 Å². The second-order valence-corrected chi connectivity index (χ2v) is 4.32. The third kappa shape index (κ3) is 2.86. The number of hydrogen-bond donors (Lipinski definition) is 2. The number of hydrogen-bond acceptors (Lipinski definition) is 2. The molecule has 2 rings (SSSR count). The van der Waals surface area contributed by atoms with Gasteiger partial charge >= 0.3 is 12.1 Å². The molecule has 2 N–H and O–H groups in total. The quantitative estimate of drug-likeness (QED) is 0.888. The van der Waals surface area contributed by atoms with Gasteiger partial charge in [-0.2, -0.15) is 13.2 Å². The molecule has 1 aliphatic rings.